The first-order chi connectivity index (χ1) is 9.20. The first kappa shape index (κ1) is 14.2. The maximum absolute atomic E-state index is 13.1. The van der Waals surface area contributed by atoms with Gasteiger partial charge in [-0.05, 0) is 37.1 Å². The molecule has 0 saturated carbocycles. The van der Waals surface area contributed by atoms with E-state index >= 15 is 0 Å². The summed E-state index contributed by atoms with van der Waals surface area (Å²) in [5.41, 5.74) is 1.06. The van der Waals surface area contributed by atoms with Crippen LogP contribution in [0.15, 0.2) is 35.1 Å². The quantitative estimate of drug-likeness (QED) is 0.852. The molecule has 1 unspecified atom stereocenters. The van der Waals surface area contributed by atoms with Crippen molar-refractivity contribution in [3.8, 4) is 0 Å². The Morgan fingerprint density at radius 1 is 1.47 bits per heavy atom. The van der Waals surface area contributed by atoms with Crippen molar-refractivity contribution in [1.82, 2.24) is 15.3 Å². The van der Waals surface area contributed by atoms with Crippen LogP contribution in [0.5, 0.6) is 0 Å². The summed E-state index contributed by atoms with van der Waals surface area (Å²) in [6.45, 7) is 3.05. The zero-order chi connectivity index (χ0) is 13.7. The largest absolute Gasteiger partial charge is 0.347 e. The van der Waals surface area contributed by atoms with Gasteiger partial charge in [0.1, 0.15) is 11.6 Å². The monoisotopic (exact) mass is 325 g/mol. The molecule has 1 atom stereocenters. The van der Waals surface area contributed by atoms with Crippen LogP contribution in [0, 0.1) is 5.82 Å². The number of hydrogen-bond acceptors (Lipinski definition) is 2. The number of aromatic amines is 1. The summed E-state index contributed by atoms with van der Waals surface area (Å²) >= 11 is 3.41. The molecule has 0 saturated heterocycles. The van der Waals surface area contributed by atoms with E-state index in [-0.39, 0.29) is 11.9 Å². The van der Waals surface area contributed by atoms with Crippen molar-refractivity contribution < 1.29 is 4.39 Å². The van der Waals surface area contributed by atoms with Crippen LogP contribution in [-0.4, -0.2) is 16.5 Å². The highest BCUT2D eigenvalue weighted by molar-refractivity contribution is 9.10. The van der Waals surface area contributed by atoms with E-state index in [1.165, 1.54) is 12.1 Å². The second-order valence-electron chi connectivity index (χ2n) is 4.42. The van der Waals surface area contributed by atoms with Crippen LogP contribution in [0.2, 0.25) is 0 Å². The molecule has 2 N–H and O–H groups in total. The lowest BCUT2D eigenvalue weighted by Crippen LogP contribution is -2.25. The van der Waals surface area contributed by atoms with Crippen LogP contribution in [0.1, 0.15) is 30.8 Å². The Balaban J connectivity index is 2.15. The van der Waals surface area contributed by atoms with Crippen molar-refractivity contribution in [2.75, 3.05) is 6.54 Å². The zero-order valence-electron chi connectivity index (χ0n) is 10.8. The van der Waals surface area contributed by atoms with Crippen molar-refractivity contribution in [3.63, 3.8) is 0 Å². The molecule has 3 nitrogen and oxygen atoms in total. The van der Waals surface area contributed by atoms with Gasteiger partial charge in [-0.3, -0.25) is 0 Å². The average Bonchev–Trinajstić information content (AvgIpc) is 2.90. The molecule has 1 aromatic carbocycles. The molecule has 0 fully saturated rings. The van der Waals surface area contributed by atoms with Crippen molar-refractivity contribution in [2.24, 2.45) is 0 Å². The zero-order valence-corrected chi connectivity index (χ0v) is 12.4. The van der Waals surface area contributed by atoms with E-state index < -0.39 is 0 Å². The van der Waals surface area contributed by atoms with Crippen LogP contribution >= 0.6 is 15.9 Å². The molecule has 2 aromatic rings. The van der Waals surface area contributed by atoms with Crippen LogP contribution in [0.3, 0.4) is 0 Å². The van der Waals surface area contributed by atoms with Gasteiger partial charge in [0, 0.05) is 16.9 Å². The number of nitrogens with zero attached hydrogens (tertiary/aromatic N) is 1. The molecule has 2 rings (SSSR count). The Bertz CT molecular complexity index is 513. The van der Waals surface area contributed by atoms with Crippen LogP contribution in [-0.2, 0) is 6.42 Å². The van der Waals surface area contributed by atoms with Gasteiger partial charge in [-0.25, -0.2) is 9.37 Å². The minimum atomic E-state index is -0.230. The molecule has 1 aromatic heterocycles. The third-order valence-corrected chi connectivity index (χ3v) is 3.67. The topological polar surface area (TPSA) is 40.7 Å². The molecule has 5 heteroatoms. The van der Waals surface area contributed by atoms with Crippen molar-refractivity contribution in [3.05, 3.63) is 52.3 Å². The number of nitrogens with one attached hydrogen (secondary N) is 2. The SMILES string of the molecule is CCCNC(Cc1ccc(F)cc1Br)c1ncc[nH]1. The first-order valence-electron chi connectivity index (χ1n) is 6.37. The second-order valence-corrected chi connectivity index (χ2v) is 5.28. The van der Waals surface area contributed by atoms with E-state index in [2.05, 4.69) is 38.1 Å². The van der Waals surface area contributed by atoms with Gasteiger partial charge < -0.3 is 10.3 Å². The van der Waals surface area contributed by atoms with Gasteiger partial charge in [0.15, 0.2) is 0 Å². The van der Waals surface area contributed by atoms with Crippen molar-refractivity contribution in [1.29, 1.82) is 0 Å². The normalized spacial score (nSPS) is 12.6. The maximum atomic E-state index is 13.1. The number of rotatable bonds is 6. The highest BCUT2D eigenvalue weighted by atomic mass is 79.9. The van der Waals surface area contributed by atoms with Gasteiger partial charge in [0.25, 0.3) is 0 Å². The van der Waals surface area contributed by atoms with Gasteiger partial charge in [0.05, 0.1) is 6.04 Å². The highest BCUT2D eigenvalue weighted by Crippen LogP contribution is 2.23. The summed E-state index contributed by atoms with van der Waals surface area (Å²) in [7, 11) is 0. The fourth-order valence-electron chi connectivity index (χ4n) is 1.96. The Kier molecular flexibility index (Phi) is 5.10. The number of imidazole rings is 1. The van der Waals surface area contributed by atoms with Gasteiger partial charge >= 0.3 is 0 Å². The molecule has 102 valence electrons. The molecule has 0 aliphatic rings. The molecule has 0 amide bonds. The van der Waals surface area contributed by atoms with E-state index in [1.54, 1.807) is 6.20 Å². The summed E-state index contributed by atoms with van der Waals surface area (Å²) < 4.78 is 13.9. The fourth-order valence-corrected chi connectivity index (χ4v) is 2.47. The Labute approximate surface area is 120 Å². The smallest absolute Gasteiger partial charge is 0.124 e. The van der Waals surface area contributed by atoms with E-state index in [0.717, 1.165) is 35.2 Å². The summed E-state index contributed by atoms with van der Waals surface area (Å²) in [6, 6.07) is 4.90. The molecular weight excluding hydrogens is 309 g/mol. The molecule has 0 aliphatic heterocycles. The summed E-state index contributed by atoms with van der Waals surface area (Å²) in [4.78, 5) is 7.44. The Morgan fingerprint density at radius 2 is 2.32 bits per heavy atom. The molecular formula is C14H17BrFN3. The van der Waals surface area contributed by atoms with Crippen molar-refractivity contribution >= 4 is 15.9 Å². The second kappa shape index (κ2) is 6.82. The van der Waals surface area contributed by atoms with Gasteiger partial charge in [-0.15, -0.1) is 0 Å². The molecule has 0 spiro atoms. The predicted octanol–water partition coefficient (Wildman–Crippen LogP) is 3.59. The summed E-state index contributed by atoms with van der Waals surface area (Å²) in [5.74, 6) is 0.677. The number of H-pyrrole nitrogens is 1. The average molecular weight is 326 g/mol. The van der Waals surface area contributed by atoms with E-state index in [1.807, 2.05) is 12.3 Å². The molecule has 0 radical (unpaired) electrons. The van der Waals surface area contributed by atoms with Gasteiger partial charge in [-0.2, -0.15) is 0 Å². The van der Waals surface area contributed by atoms with E-state index in [4.69, 9.17) is 0 Å². The van der Waals surface area contributed by atoms with Crippen molar-refractivity contribution in [2.45, 2.75) is 25.8 Å². The lowest BCUT2D eigenvalue weighted by molar-refractivity contribution is 0.507. The maximum Gasteiger partial charge on any atom is 0.124 e. The molecule has 19 heavy (non-hydrogen) atoms. The molecule has 1 heterocycles. The lowest BCUT2D eigenvalue weighted by Gasteiger charge is -2.17. The lowest BCUT2D eigenvalue weighted by atomic mass is 10.1. The standard InChI is InChI=1S/C14H17BrFN3/c1-2-5-17-13(14-18-6-7-19-14)8-10-3-4-11(16)9-12(10)15/h3-4,6-7,9,13,17H,2,5,8H2,1H3,(H,18,19). The van der Waals surface area contributed by atoms with Crippen LogP contribution in [0.25, 0.3) is 0 Å². The van der Waals surface area contributed by atoms with E-state index in [9.17, 15) is 4.39 Å². The fraction of sp³-hybridized carbons (Fsp3) is 0.357. The third-order valence-electron chi connectivity index (χ3n) is 2.93. The summed E-state index contributed by atoms with van der Waals surface area (Å²) in [6.07, 6.45) is 5.38. The van der Waals surface area contributed by atoms with Gasteiger partial charge in [0.2, 0.25) is 0 Å². The molecule has 0 aliphatic carbocycles. The predicted molar refractivity (Wildman–Crippen MR) is 77.4 cm³/mol. The number of hydrogen-bond donors (Lipinski definition) is 2. The summed E-state index contributed by atoms with van der Waals surface area (Å²) in [5, 5.41) is 3.45. The minimum absolute atomic E-state index is 0.108. The number of benzene rings is 1. The highest BCUT2D eigenvalue weighted by Gasteiger charge is 2.15. The van der Waals surface area contributed by atoms with Crippen LogP contribution in [0.4, 0.5) is 4.39 Å². The number of aromatic nitrogens is 2. The number of halogens is 2. The Hall–Kier alpha value is -1.20. The van der Waals surface area contributed by atoms with Crippen LogP contribution < -0.4 is 5.32 Å². The first-order valence-corrected chi connectivity index (χ1v) is 7.16. The third kappa shape index (κ3) is 3.88. The Morgan fingerprint density at radius 3 is 2.95 bits per heavy atom. The van der Waals surface area contributed by atoms with E-state index in [0.29, 0.717) is 0 Å². The van der Waals surface area contributed by atoms with Gasteiger partial charge in [-0.1, -0.05) is 28.9 Å². The molecule has 0 bridgehead atoms. The minimum Gasteiger partial charge on any atom is -0.347 e.